The summed E-state index contributed by atoms with van der Waals surface area (Å²) in [6, 6.07) is 67.1. The van der Waals surface area contributed by atoms with Crippen molar-refractivity contribution >= 4 is 54.5 Å². The molecule has 4 heteroatoms. The molecule has 0 aliphatic carbocycles. The molecule has 8 aromatic carbocycles. The Bertz CT molecular complexity index is 3250. The van der Waals surface area contributed by atoms with Gasteiger partial charge in [-0.3, -0.25) is 0 Å². The largest absolute Gasteiger partial charge is 0.309 e. The topological polar surface area (TPSA) is 35.6 Å². The van der Waals surface area contributed by atoms with Crippen LogP contribution in [-0.4, -0.2) is 19.1 Å². The maximum atomic E-state index is 5.32. The van der Waals surface area contributed by atoms with Crippen LogP contribution in [0.15, 0.2) is 188 Å². The summed E-state index contributed by atoms with van der Waals surface area (Å²) in [5, 5.41) is 6.03. The molecule has 0 atom stereocenters. The lowest BCUT2D eigenvalue weighted by Gasteiger charge is -2.13. The zero-order chi connectivity index (χ0) is 36.5. The average Bonchev–Trinajstić information content (AvgIpc) is 3.77. The van der Waals surface area contributed by atoms with Gasteiger partial charge in [0, 0.05) is 49.4 Å². The van der Waals surface area contributed by atoms with Crippen molar-refractivity contribution in [2.75, 3.05) is 0 Å². The standard InChI is InChI=1S/C51H34N4/c1-33-23-28-43-42(31-33)50(36-26-24-35(25-27-36)34-13-4-2-5-14-34)53-51(52-43)37-15-12-18-39(32-37)55-45-22-11-9-20-41(45)49-47(55)30-29-46-48(49)40-19-8-10-21-44(40)54(46)38-16-6-3-7-17-38/h2-32H,1H3. The number of aryl methyl sites for hydroxylation is 1. The maximum absolute atomic E-state index is 5.32. The van der Waals surface area contributed by atoms with Crippen LogP contribution >= 0.6 is 0 Å². The highest BCUT2D eigenvalue weighted by atomic mass is 15.0. The molecule has 55 heavy (non-hydrogen) atoms. The maximum Gasteiger partial charge on any atom is 0.160 e. The number of hydrogen-bond acceptors (Lipinski definition) is 2. The monoisotopic (exact) mass is 702 g/mol. The van der Waals surface area contributed by atoms with Crippen LogP contribution in [0.25, 0.3) is 99.7 Å². The molecule has 0 saturated heterocycles. The summed E-state index contributed by atoms with van der Waals surface area (Å²) in [7, 11) is 0. The van der Waals surface area contributed by atoms with E-state index in [0.717, 1.165) is 50.1 Å². The Kier molecular flexibility index (Phi) is 7.04. The molecule has 0 saturated carbocycles. The summed E-state index contributed by atoms with van der Waals surface area (Å²) in [6.07, 6.45) is 0. The highest BCUT2D eigenvalue weighted by Crippen LogP contribution is 2.42. The van der Waals surface area contributed by atoms with Crippen molar-refractivity contribution in [3.8, 4) is 45.1 Å². The van der Waals surface area contributed by atoms with Gasteiger partial charge in [0.05, 0.1) is 33.3 Å². The third-order valence-corrected chi connectivity index (χ3v) is 11.0. The lowest BCUT2D eigenvalue weighted by Crippen LogP contribution is -1.98. The fourth-order valence-electron chi connectivity index (χ4n) is 8.48. The molecule has 0 spiro atoms. The van der Waals surface area contributed by atoms with Gasteiger partial charge in [0.15, 0.2) is 5.82 Å². The molecule has 0 aliphatic rings. The van der Waals surface area contributed by atoms with Crippen LogP contribution in [-0.2, 0) is 0 Å². The minimum atomic E-state index is 0.703. The van der Waals surface area contributed by atoms with E-state index in [-0.39, 0.29) is 0 Å². The predicted molar refractivity (Wildman–Crippen MR) is 229 cm³/mol. The molecule has 0 N–H and O–H groups in total. The molecule has 3 heterocycles. The third-order valence-electron chi connectivity index (χ3n) is 11.0. The average molecular weight is 703 g/mol. The first-order chi connectivity index (χ1) is 27.2. The number of fused-ring (bicyclic) bond motifs is 8. The van der Waals surface area contributed by atoms with E-state index in [9.17, 15) is 0 Å². The molecular weight excluding hydrogens is 669 g/mol. The van der Waals surface area contributed by atoms with Gasteiger partial charge < -0.3 is 9.13 Å². The van der Waals surface area contributed by atoms with Crippen LogP contribution in [0.5, 0.6) is 0 Å². The molecule has 0 bridgehead atoms. The molecule has 0 unspecified atom stereocenters. The fraction of sp³-hybridized carbons (Fsp3) is 0.0196. The first-order valence-corrected chi connectivity index (χ1v) is 18.8. The number of nitrogens with zero attached hydrogens (tertiary/aromatic N) is 4. The van der Waals surface area contributed by atoms with E-state index in [2.05, 4.69) is 204 Å². The number of para-hydroxylation sites is 3. The molecule has 0 aliphatic heterocycles. The first kappa shape index (κ1) is 31.2. The normalized spacial score (nSPS) is 11.7. The smallest absolute Gasteiger partial charge is 0.160 e. The Hall–Kier alpha value is -7.30. The van der Waals surface area contributed by atoms with Crippen LogP contribution < -0.4 is 0 Å². The SMILES string of the molecule is Cc1ccc2nc(-c3cccc(-n4c5ccccc5c5c6c7ccccc7n(-c7ccccc7)c6ccc54)c3)nc(-c3ccc(-c4ccccc4)cc3)c2c1. The van der Waals surface area contributed by atoms with Gasteiger partial charge in [-0.1, -0.05) is 133 Å². The number of aromatic nitrogens is 4. The second-order valence-electron chi connectivity index (χ2n) is 14.3. The Labute approximate surface area is 318 Å². The van der Waals surface area contributed by atoms with Gasteiger partial charge >= 0.3 is 0 Å². The van der Waals surface area contributed by atoms with Crippen LogP contribution in [0, 0.1) is 6.92 Å². The lowest BCUT2D eigenvalue weighted by molar-refractivity contribution is 1.17. The van der Waals surface area contributed by atoms with Gasteiger partial charge in [0.1, 0.15) is 0 Å². The van der Waals surface area contributed by atoms with Crippen molar-refractivity contribution in [2.45, 2.75) is 6.92 Å². The summed E-state index contributed by atoms with van der Waals surface area (Å²) in [5.41, 5.74) is 14.4. The molecule has 0 radical (unpaired) electrons. The molecule has 4 nitrogen and oxygen atoms in total. The lowest BCUT2D eigenvalue weighted by atomic mass is 10.00. The molecular formula is C51H34N4. The summed E-state index contributed by atoms with van der Waals surface area (Å²) in [6.45, 7) is 2.12. The summed E-state index contributed by atoms with van der Waals surface area (Å²) in [4.78, 5) is 10.5. The van der Waals surface area contributed by atoms with Gasteiger partial charge in [-0.05, 0) is 78.7 Å². The molecule has 11 rings (SSSR count). The summed E-state index contributed by atoms with van der Waals surface area (Å²) < 4.78 is 4.79. The molecule has 0 amide bonds. The van der Waals surface area contributed by atoms with Gasteiger partial charge in [-0.15, -0.1) is 0 Å². The highest BCUT2D eigenvalue weighted by Gasteiger charge is 2.21. The highest BCUT2D eigenvalue weighted by molar-refractivity contribution is 6.28. The minimum absolute atomic E-state index is 0.703. The minimum Gasteiger partial charge on any atom is -0.309 e. The van der Waals surface area contributed by atoms with Crippen LogP contribution in [0.4, 0.5) is 0 Å². The van der Waals surface area contributed by atoms with Crippen molar-refractivity contribution in [2.24, 2.45) is 0 Å². The van der Waals surface area contributed by atoms with E-state index in [4.69, 9.17) is 9.97 Å². The zero-order valence-corrected chi connectivity index (χ0v) is 30.2. The van der Waals surface area contributed by atoms with E-state index in [1.54, 1.807) is 0 Å². The van der Waals surface area contributed by atoms with Gasteiger partial charge in [0.25, 0.3) is 0 Å². The Balaban J connectivity index is 1.11. The van der Waals surface area contributed by atoms with E-state index in [0.29, 0.717) is 5.82 Å². The molecule has 11 aromatic rings. The second-order valence-corrected chi connectivity index (χ2v) is 14.3. The van der Waals surface area contributed by atoms with Gasteiger partial charge in [-0.2, -0.15) is 0 Å². The van der Waals surface area contributed by atoms with E-state index in [1.807, 2.05) is 0 Å². The number of rotatable bonds is 5. The van der Waals surface area contributed by atoms with Crippen molar-refractivity contribution in [3.63, 3.8) is 0 Å². The van der Waals surface area contributed by atoms with Crippen LogP contribution in [0.1, 0.15) is 5.56 Å². The third kappa shape index (κ3) is 4.99. The van der Waals surface area contributed by atoms with E-state index >= 15 is 0 Å². The summed E-state index contributed by atoms with van der Waals surface area (Å²) in [5.74, 6) is 0.703. The van der Waals surface area contributed by atoms with Gasteiger partial charge in [0.2, 0.25) is 0 Å². The summed E-state index contributed by atoms with van der Waals surface area (Å²) >= 11 is 0. The quantitative estimate of drug-likeness (QED) is 0.179. The molecule has 0 fully saturated rings. The Morgan fingerprint density at radius 1 is 0.364 bits per heavy atom. The molecule has 258 valence electrons. The second kappa shape index (κ2) is 12.4. The fourth-order valence-corrected chi connectivity index (χ4v) is 8.48. The first-order valence-electron chi connectivity index (χ1n) is 18.8. The van der Waals surface area contributed by atoms with E-state index in [1.165, 1.54) is 49.3 Å². The Morgan fingerprint density at radius 3 is 1.60 bits per heavy atom. The molecule has 3 aromatic heterocycles. The van der Waals surface area contributed by atoms with Crippen LogP contribution in [0.2, 0.25) is 0 Å². The zero-order valence-electron chi connectivity index (χ0n) is 30.2. The van der Waals surface area contributed by atoms with Gasteiger partial charge in [-0.25, -0.2) is 9.97 Å². The number of hydrogen-bond donors (Lipinski definition) is 0. The van der Waals surface area contributed by atoms with Crippen molar-refractivity contribution in [1.82, 2.24) is 19.1 Å². The van der Waals surface area contributed by atoms with Crippen LogP contribution in [0.3, 0.4) is 0 Å². The van der Waals surface area contributed by atoms with Crippen molar-refractivity contribution < 1.29 is 0 Å². The van der Waals surface area contributed by atoms with E-state index < -0.39 is 0 Å². The predicted octanol–water partition coefficient (Wildman–Crippen LogP) is 13.1. The number of benzene rings is 8. The van der Waals surface area contributed by atoms with Crippen molar-refractivity contribution in [3.05, 3.63) is 194 Å². The Morgan fingerprint density at radius 2 is 0.909 bits per heavy atom. The van der Waals surface area contributed by atoms with Crippen molar-refractivity contribution in [1.29, 1.82) is 0 Å².